The lowest BCUT2D eigenvalue weighted by Crippen LogP contribution is -2.33. The summed E-state index contributed by atoms with van der Waals surface area (Å²) in [6.07, 6.45) is 3.61. The molecule has 1 aromatic carbocycles. The molecule has 1 atom stereocenters. The van der Waals surface area contributed by atoms with E-state index in [4.69, 9.17) is 19.2 Å². The van der Waals surface area contributed by atoms with Gasteiger partial charge in [0.25, 0.3) is 0 Å². The van der Waals surface area contributed by atoms with Crippen LogP contribution < -0.4 is 10.1 Å². The summed E-state index contributed by atoms with van der Waals surface area (Å²) in [5.74, 6) is 1.68. The fourth-order valence-corrected chi connectivity index (χ4v) is 4.14. The number of hydrogen-bond donors (Lipinski definition) is 1. The topological polar surface area (TPSA) is 82.2 Å². The average molecular weight is 447 g/mol. The molecule has 7 heteroatoms. The number of rotatable bonds is 9. The number of ether oxygens (including phenoxy) is 1. The van der Waals surface area contributed by atoms with Crippen molar-refractivity contribution in [1.29, 1.82) is 0 Å². The quantitative estimate of drug-likeness (QED) is 0.398. The van der Waals surface area contributed by atoms with Crippen molar-refractivity contribution < 1.29 is 13.9 Å². The average Bonchev–Trinajstić information content (AvgIpc) is 3.44. The molecular formula is C26H30N4O3. The minimum atomic E-state index is -0.00573. The van der Waals surface area contributed by atoms with E-state index < -0.39 is 0 Å². The number of carbonyl (C=O) groups excluding carboxylic acids is 1. The summed E-state index contributed by atoms with van der Waals surface area (Å²) >= 11 is 0. The number of methoxy groups -OCH3 is 1. The zero-order valence-corrected chi connectivity index (χ0v) is 19.6. The molecule has 4 aromatic rings. The molecule has 0 saturated heterocycles. The van der Waals surface area contributed by atoms with Gasteiger partial charge in [-0.25, -0.2) is 9.67 Å². The molecule has 0 radical (unpaired) electrons. The molecule has 4 rings (SSSR count). The lowest BCUT2D eigenvalue weighted by molar-refractivity contribution is -0.122. The van der Waals surface area contributed by atoms with Crippen LogP contribution in [0.2, 0.25) is 0 Å². The molecule has 0 aliphatic heterocycles. The second-order valence-electron chi connectivity index (χ2n) is 8.39. The van der Waals surface area contributed by atoms with E-state index in [1.54, 1.807) is 13.4 Å². The maximum atomic E-state index is 12.6. The monoisotopic (exact) mass is 446 g/mol. The number of furan rings is 1. The largest absolute Gasteiger partial charge is 0.496 e. The lowest BCUT2D eigenvalue weighted by atomic mass is 10.0. The van der Waals surface area contributed by atoms with Crippen LogP contribution in [0.15, 0.2) is 53.1 Å². The Morgan fingerprint density at radius 2 is 2.03 bits per heavy atom. The fraction of sp³-hybridized carbons (Fsp3) is 0.346. The Kier molecular flexibility index (Phi) is 6.77. The third-order valence-corrected chi connectivity index (χ3v) is 5.75. The second kappa shape index (κ2) is 9.90. The molecule has 7 nitrogen and oxygen atoms in total. The fourth-order valence-electron chi connectivity index (χ4n) is 4.14. The van der Waals surface area contributed by atoms with Crippen molar-refractivity contribution in [3.63, 3.8) is 0 Å². The van der Waals surface area contributed by atoms with Crippen LogP contribution in [-0.2, 0) is 17.8 Å². The summed E-state index contributed by atoms with van der Waals surface area (Å²) in [4.78, 5) is 17.4. The Hall–Kier alpha value is -3.61. The Balaban J connectivity index is 1.52. The van der Waals surface area contributed by atoms with Crippen LogP contribution in [0.5, 0.6) is 5.75 Å². The summed E-state index contributed by atoms with van der Waals surface area (Å²) in [5.41, 5.74) is 4.53. The van der Waals surface area contributed by atoms with E-state index in [0.717, 1.165) is 57.9 Å². The molecule has 1 unspecified atom stereocenters. The Bertz CT molecular complexity index is 1240. The zero-order chi connectivity index (χ0) is 23.4. The van der Waals surface area contributed by atoms with Gasteiger partial charge >= 0.3 is 0 Å². The van der Waals surface area contributed by atoms with Crippen LogP contribution in [0.25, 0.3) is 22.3 Å². The van der Waals surface area contributed by atoms with Crippen LogP contribution in [0.4, 0.5) is 0 Å². The summed E-state index contributed by atoms with van der Waals surface area (Å²) in [7, 11) is 1.66. The number of fused-ring (bicyclic) bond motifs is 1. The standard InChI is InChI=1S/C26H30N4O3/c1-17-16-19(3)28-26-24(17)25(21-9-5-6-10-22(21)32-4)29-30(26)14-13-23(31)27-18(2)11-12-20-8-7-15-33-20/h5-10,15-16,18H,11-14H2,1-4H3,(H,27,31). The highest BCUT2D eigenvalue weighted by Gasteiger charge is 2.19. The molecule has 3 heterocycles. The van der Waals surface area contributed by atoms with Crippen molar-refractivity contribution in [2.75, 3.05) is 7.11 Å². The van der Waals surface area contributed by atoms with Crippen molar-refractivity contribution in [2.24, 2.45) is 0 Å². The van der Waals surface area contributed by atoms with Gasteiger partial charge in [0, 0.05) is 30.1 Å². The molecule has 0 aliphatic carbocycles. The van der Waals surface area contributed by atoms with Gasteiger partial charge in [-0.05, 0) is 63.1 Å². The van der Waals surface area contributed by atoms with Gasteiger partial charge in [-0.3, -0.25) is 4.79 Å². The van der Waals surface area contributed by atoms with Gasteiger partial charge in [0.1, 0.15) is 17.2 Å². The summed E-state index contributed by atoms with van der Waals surface area (Å²) in [5, 5.41) is 8.93. The summed E-state index contributed by atoms with van der Waals surface area (Å²) in [6.45, 7) is 6.49. The van der Waals surface area contributed by atoms with Crippen molar-refractivity contribution in [1.82, 2.24) is 20.1 Å². The molecule has 0 spiro atoms. The van der Waals surface area contributed by atoms with Crippen molar-refractivity contribution in [3.05, 3.63) is 65.7 Å². The number of nitrogens with zero attached hydrogens (tertiary/aromatic N) is 3. The van der Waals surface area contributed by atoms with E-state index in [9.17, 15) is 4.79 Å². The predicted octanol–water partition coefficient (Wildman–Crippen LogP) is 4.84. The molecule has 1 N–H and O–H groups in total. The number of benzene rings is 1. The SMILES string of the molecule is COc1ccccc1-c1nn(CCC(=O)NC(C)CCc2ccco2)c2nc(C)cc(C)c12. The van der Waals surface area contributed by atoms with E-state index in [1.165, 1.54) is 0 Å². The van der Waals surface area contributed by atoms with Gasteiger partial charge in [-0.2, -0.15) is 5.10 Å². The zero-order valence-electron chi connectivity index (χ0n) is 19.6. The maximum absolute atomic E-state index is 12.6. The number of nitrogens with one attached hydrogen (secondary N) is 1. The van der Waals surface area contributed by atoms with E-state index >= 15 is 0 Å². The minimum Gasteiger partial charge on any atom is -0.496 e. The van der Waals surface area contributed by atoms with Gasteiger partial charge < -0.3 is 14.5 Å². The van der Waals surface area contributed by atoms with Crippen molar-refractivity contribution in [3.8, 4) is 17.0 Å². The van der Waals surface area contributed by atoms with Crippen LogP contribution in [-0.4, -0.2) is 33.8 Å². The van der Waals surface area contributed by atoms with E-state index in [2.05, 4.69) is 18.3 Å². The smallest absolute Gasteiger partial charge is 0.222 e. The molecule has 1 amide bonds. The summed E-state index contributed by atoms with van der Waals surface area (Å²) < 4.78 is 12.8. The normalized spacial score (nSPS) is 12.1. The van der Waals surface area contributed by atoms with Gasteiger partial charge in [0.2, 0.25) is 5.91 Å². The van der Waals surface area contributed by atoms with Crippen LogP contribution in [0.3, 0.4) is 0 Å². The Morgan fingerprint density at radius 1 is 1.21 bits per heavy atom. The van der Waals surface area contributed by atoms with Gasteiger partial charge in [0.15, 0.2) is 5.65 Å². The third-order valence-electron chi connectivity index (χ3n) is 5.75. The molecule has 0 bridgehead atoms. The van der Waals surface area contributed by atoms with Crippen molar-refractivity contribution >= 4 is 16.9 Å². The van der Waals surface area contributed by atoms with E-state index in [1.807, 2.05) is 54.9 Å². The molecular weight excluding hydrogens is 416 g/mol. The molecule has 0 fully saturated rings. The number of hydrogen-bond acceptors (Lipinski definition) is 5. The lowest BCUT2D eigenvalue weighted by Gasteiger charge is -2.13. The first kappa shape index (κ1) is 22.6. The van der Waals surface area contributed by atoms with Crippen LogP contribution in [0.1, 0.15) is 36.8 Å². The third kappa shape index (κ3) is 5.08. The first-order valence-electron chi connectivity index (χ1n) is 11.3. The molecule has 3 aromatic heterocycles. The molecule has 0 aliphatic rings. The number of pyridine rings is 1. The van der Waals surface area contributed by atoms with Gasteiger partial charge in [-0.15, -0.1) is 0 Å². The highest BCUT2D eigenvalue weighted by molar-refractivity contribution is 5.95. The minimum absolute atomic E-state index is 0.00573. The maximum Gasteiger partial charge on any atom is 0.222 e. The van der Waals surface area contributed by atoms with Gasteiger partial charge in [-0.1, -0.05) is 12.1 Å². The highest BCUT2D eigenvalue weighted by atomic mass is 16.5. The van der Waals surface area contributed by atoms with E-state index in [-0.39, 0.29) is 11.9 Å². The number of carbonyl (C=O) groups is 1. The Morgan fingerprint density at radius 3 is 2.79 bits per heavy atom. The molecule has 33 heavy (non-hydrogen) atoms. The van der Waals surface area contributed by atoms with E-state index in [0.29, 0.717) is 13.0 Å². The molecule has 0 saturated carbocycles. The first-order valence-corrected chi connectivity index (χ1v) is 11.3. The number of amides is 1. The number of aryl methyl sites for hydroxylation is 4. The van der Waals surface area contributed by atoms with Crippen LogP contribution in [0, 0.1) is 13.8 Å². The number of para-hydroxylation sites is 1. The first-order chi connectivity index (χ1) is 16.0. The summed E-state index contributed by atoms with van der Waals surface area (Å²) in [6, 6.07) is 13.8. The van der Waals surface area contributed by atoms with Gasteiger partial charge in [0.05, 0.1) is 25.3 Å². The Labute approximate surface area is 193 Å². The van der Waals surface area contributed by atoms with Crippen molar-refractivity contribution in [2.45, 2.75) is 52.6 Å². The highest BCUT2D eigenvalue weighted by Crippen LogP contribution is 2.35. The predicted molar refractivity (Wildman–Crippen MR) is 128 cm³/mol. The van der Waals surface area contributed by atoms with Crippen LogP contribution >= 0.6 is 0 Å². The second-order valence-corrected chi connectivity index (χ2v) is 8.39. The number of aromatic nitrogens is 3. The molecule has 172 valence electrons.